The van der Waals surface area contributed by atoms with Crippen molar-refractivity contribution >= 4 is 35.4 Å². The first-order valence-corrected chi connectivity index (χ1v) is 14.7. The summed E-state index contributed by atoms with van der Waals surface area (Å²) >= 11 is 1.55. The first kappa shape index (κ1) is 32.0. The van der Waals surface area contributed by atoms with E-state index < -0.39 is 35.6 Å². The highest BCUT2D eigenvalue weighted by Gasteiger charge is 2.39. The molecule has 0 fully saturated rings. The van der Waals surface area contributed by atoms with Crippen molar-refractivity contribution in [1.82, 2.24) is 10.2 Å². The standard InChI is InChI=1S/C30H43N3O5S/c1-9-21(4)33(28(36)23(17-18-39-8)31-29(37)38-30(5,6)7)26(22-15-10-11-16-24(22)34)27(35)32-25-19(2)13-12-14-20(25)3/h10-16,21,23,26,34H,9,17-18H2,1-8H3,(H,31,37)(H,32,35). The molecule has 0 heterocycles. The fourth-order valence-electron chi connectivity index (χ4n) is 4.26. The summed E-state index contributed by atoms with van der Waals surface area (Å²) in [5.74, 6) is -0.366. The van der Waals surface area contributed by atoms with Crippen LogP contribution in [0.5, 0.6) is 5.75 Å². The fraction of sp³-hybridized carbons (Fsp3) is 0.500. The molecule has 0 saturated carbocycles. The fourth-order valence-corrected chi connectivity index (χ4v) is 4.73. The Labute approximate surface area is 236 Å². The number of rotatable bonds is 11. The molecule has 2 aromatic rings. The number of aromatic hydroxyl groups is 1. The van der Waals surface area contributed by atoms with E-state index in [-0.39, 0.29) is 11.8 Å². The molecule has 214 valence electrons. The number of hydrogen-bond donors (Lipinski definition) is 3. The maximum atomic E-state index is 14.3. The molecule has 9 heteroatoms. The highest BCUT2D eigenvalue weighted by molar-refractivity contribution is 7.98. The van der Waals surface area contributed by atoms with E-state index in [1.807, 2.05) is 52.1 Å². The van der Waals surface area contributed by atoms with E-state index in [2.05, 4.69) is 10.6 Å². The molecule has 39 heavy (non-hydrogen) atoms. The van der Waals surface area contributed by atoms with Crippen LogP contribution in [0.3, 0.4) is 0 Å². The molecule has 0 aliphatic heterocycles. The molecule has 3 unspecified atom stereocenters. The van der Waals surface area contributed by atoms with Crippen LogP contribution in [0.25, 0.3) is 0 Å². The third-order valence-electron chi connectivity index (χ3n) is 6.41. The van der Waals surface area contributed by atoms with Crippen molar-refractivity contribution in [3.8, 4) is 5.75 Å². The van der Waals surface area contributed by atoms with Crippen molar-refractivity contribution in [3.05, 3.63) is 59.2 Å². The predicted octanol–water partition coefficient (Wildman–Crippen LogP) is 5.96. The second-order valence-corrected chi connectivity index (χ2v) is 11.7. The molecule has 3 atom stereocenters. The van der Waals surface area contributed by atoms with E-state index in [4.69, 9.17) is 4.74 Å². The summed E-state index contributed by atoms with van der Waals surface area (Å²) in [4.78, 5) is 42.5. The molecule has 3 amide bonds. The van der Waals surface area contributed by atoms with Crippen molar-refractivity contribution in [1.29, 1.82) is 0 Å². The number of anilines is 1. The summed E-state index contributed by atoms with van der Waals surface area (Å²) in [6.45, 7) is 12.8. The number of amides is 3. The van der Waals surface area contributed by atoms with E-state index in [9.17, 15) is 19.5 Å². The van der Waals surface area contributed by atoms with Crippen LogP contribution in [0.1, 0.15) is 70.2 Å². The average Bonchev–Trinajstić information content (AvgIpc) is 2.86. The van der Waals surface area contributed by atoms with Crippen molar-refractivity contribution in [2.75, 3.05) is 17.3 Å². The minimum Gasteiger partial charge on any atom is -0.508 e. The van der Waals surface area contributed by atoms with Gasteiger partial charge in [-0.1, -0.05) is 43.3 Å². The molecule has 0 aliphatic rings. The maximum absolute atomic E-state index is 14.3. The van der Waals surface area contributed by atoms with Crippen molar-refractivity contribution in [2.24, 2.45) is 0 Å². The van der Waals surface area contributed by atoms with Crippen LogP contribution in [-0.4, -0.2) is 57.6 Å². The summed E-state index contributed by atoms with van der Waals surface area (Å²) in [5, 5.41) is 16.6. The van der Waals surface area contributed by atoms with Gasteiger partial charge in [-0.3, -0.25) is 9.59 Å². The van der Waals surface area contributed by atoms with Gasteiger partial charge in [-0.05, 0) is 83.6 Å². The molecule has 2 rings (SSSR count). The summed E-state index contributed by atoms with van der Waals surface area (Å²) in [6, 6.07) is 9.78. The number of thioether (sulfide) groups is 1. The number of para-hydroxylation sites is 2. The molecule has 0 aliphatic carbocycles. The molecular formula is C30H43N3O5S. The van der Waals surface area contributed by atoms with Crippen LogP contribution in [-0.2, 0) is 14.3 Å². The number of alkyl carbamates (subject to hydrolysis) is 1. The lowest BCUT2D eigenvalue weighted by Crippen LogP contribution is -2.55. The topological polar surface area (TPSA) is 108 Å². The monoisotopic (exact) mass is 557 g/mol. The van der Waals surface area contributed by atoms with Crippen molar-refractivity contribution < 1.29 is 24.2 Å². The lowest BCUT2D eigenvalue weighted by molar-refractivity contribution is -0.143. The second kappa shape index (κ2) is 14.3. The van der Waals surface area contributed by atoms with Crippen LogP contribution in [0.4, 0.5) is 10.5 Å². The van der Waals surface area contributed by atoms with E-state index >= 15 is 0 Å². The lowest BCUT2D eigenvalue weighted by Gasteiger charge is -2.38. The van der Waals surface area contributed by atoms with E-state index in [0.717, 1.165) is 11.1 Å². The van der Waals surface area contributed by atoms with Crippen molar-refractivity contribution in [3.63, 3.8) is 0 Å². The smallest absolute Gasteiger partial charge is 0.408 e. The minimum atomic E-state index is -1.15. The average molecular weight is 558 g/mol. The Balaban J connectivity index is 2.60. The number of nitrogens with one attached hydrogen (secondary N) is 2. The molecule has 8 nitrogen and oxygen atoms in total. The van der Waals surface area contributed by atoms with Gasteiger partial charge in [0.2, 0.25) is 5.91 Å². The van der Waals surface area contributed by atoms with Crippen LogP contribution in [0, 0.1) is 13.8 Å². The number of carbonyl (C=O) groups excluding carboxylic acids is 3. The number of ether oxygens (including phenoxy) is 1. The number of carbonyl (C=O) groups is 3. The summed E-state index contributed by atoms with van der Waals surface area (Å²) < 4.78 is 5.44. The predicted molar refractivity (Wildman–Crippen MR) is 158 cm³/mol. The number of aryl methyl sites for hydroxylation is 2. The van der Waals surface area contributed by atoms with Gasteiger partial charge in [-0.25, -0.2) is 4.79 Å². The number of phenolic OH excluding ortho intramolecular Hbond substituents is 1. The maximum Gasteiger partial charge on any atom is 0.408 e. The van der Waals surface area contributed by atoms with Crippen LogP contribution < -0.4 is 10.6 Å². The summed E-state index contributed by atoms with van der Waals surface area (Å²) in [6.07, 6.45) is 2.11. The van der Waals surface area contributed by atoms with Crippen LogP contribution in [0.2, 0.25) is 0 Å². The molecule has 0 aromatic heterocycles. The van der Waals surface area contributed by atoms with E-state index in [1.165, 1.54) is 11.0 Å². The molecule has 0 radical (unpaired) electrons. The van der Waals surface area contributed by atoms with Gasteiger partial charge in [0.15, 0.2) is 0 Å². The van der Waals surface area contributed by atoms with Gasteiger partial charge < -0.3 is 25.4 Å². The Morgan fingerprint density at radius 2 is 1.67 bits per heavy atom. The van der Waals surface area contributed by atoms with Gasteiger partial charge in [-0.15, -0.1) is 0 Å². The SMILES string of the molecule is CCC(C)N(C(=O)C(CCSC)NC(=O)OC(C)(C)C)C(C(=O)Nc1c(C)cccc1C)c1ccccc1O. The number of benzene rings is 2. The normalized spacial score (nSPS) is 13.6. The van der Waals surface area contributed by atoms with Gasteiger partial charge in [0.25, 0.3) is 5.91 Å². The minimum absolute atomic E-state index is 0.0963. The first-order valence-electron chi connectivity index (χ1n) is 13.3. The lowest BCUT2D eigenvalue weighted by atomic mass is 9.98. The Kier molecular flexibility index (Phi) is 11.7. The number of phenols is 1. The summed E-state index contributed by atoms with van der Waals surface area (Å²) in [5.41, 5.74) is 1.98. The zero-order valence-electron chi connectivity index (χ0n) is 24.3. The Morgan fingerprint density at radius 1 is 1.05 bits per heavy atom. The molecule has 0 spiro atoms. The Morgan fingerprint density at radius 3 is 2.21 bits per heavy atom. The Hall–Kier alpha value is -3.20. The zero-order chi connectivity index (χ0) is 29.3. The molecular weight excluding hydrogens is 514 g/mol. The molecule has 3 N–H and O–H groups in total. The number of nitrogens with zero attached hydrogens (tertiary/aromatic N) is 1. The zero-order valence-corrected chi connectivity index (χ0v) is 25.1. The van der Waals surface area contributed by atoms with E-state index in [0.29, 0.717) is 29.8 Å². The Bertz CT molecular complexity index is 1130. The molecule has 0 bridgehead atoms. The van der Waals surface area contributed by atoms with Crippen LogP contribution in [0.15, 0.2) is 42.5 Å². The quantitative estimate of drug-likeness (QED) is 0.315. The van der Waals surface area contributed by atoms with Crippen LogP contribution >= 0.6 is 11.8 Å². The number of hydrogen-bond acceptors (Lipinski definition) is 6. The van der Waals surface area contributed by atoms with E-state index in [1.54, 1.807) is 50.7 Å². The largest absolute Gasteiger partial charge is 0.508 e. The van der Waals surface area contributed by atoms with Gasteiger partial charge in [0.05, 0.1) is 0 Å². The van der Waals surface area contributed by atoms with Gasteiger partial charge in [-0.2, -0.15) is 11.8 Å². The van der Waals surface area contributed by atoms with Crippen molar-refractivity contribution in [2.45, 2.75) is 85.0 Å². The van der Waals surface area contributed by atoms with Gasteiger partial charge >= 0.3 is 6.09 Å². The first-order chi connectivity index (χ1) is 18.3. The van der Waals surface area contributed by atoms with Gasteiger partial charge in [0, 0.05) is 17.3 Å². The second-order valence-electron chi connectivity index (χ2n) is 10.7. The van der Waals surface area contributed by atoms with Gasteiger partial charge in [0.1, 0.15) is 23.4 Å². The summed E-state index contributed by atoms with van der Waals surface area (Å²) in [7, 11) is 0. The molecule has 0 saturated heterocycles. The highest BCUT2D eigenvalue weighted by Crippen LogP contribution is 2.33. The highest BCUT2D eigenvalue weighted by atomic mass is 32.2. The third-order valence-corrected chi connectivity index (χ3v) is 7.05. The molecule has 2 aromatic carbocycles. The third kappa shape index (κ3) is 8.92.